The second-order valence-corrected chi connectivity index (χ2v) is 4.30. The van der Waals surface area contributed by atoms with Crippen LogP contribution in [0.2, 0.25) is 0 Å². The molecule has 2 rings (SSSR count). The summed E-state index contributed by atoms with van der Waals surface area (Å²) in [6.45, 7) is 0. The standard InChI is InChI=1S/C11H9N3O3S/c15-9(5-6-10(16)17)13-14-11-12-7-3-1-2-4-8(7)18-11/h1-6H,(H,12,14)(H,13,15)(H,16,17)/b6-5-. The molecular formula is C11H9N3O3S. The van der Waals surface area contributed by atoms with Crippen LogP contribution < -0.4 is 10.9 Å². The Morgan fingerprint density at radius 2 is 2.06 bits per heavy atom. The van der Waals surface area contributed by atoms with Crippen LogP contribution in [0.3, 0.4) is 0 Å². The van der Waals surface area contributed by atoms with Crippen LogP contribution in [-0.4, -0.2) is 22.0 Å². The molecule has 0 aliphatic heterocycles. The number of hydrogen-bond acceptors (Lipinski definition) is 5. The average molecular weight is 263 g/mol. The molecule has 0 spiro atoms. The van der Waals surface area contributed by atoms with Crippen LogP contribution in [-0.2, 0) is 9.59 Å². The van der Waals surface area contributed by atoms with E-state index >= 15 is 0 Å². The van der Waals surface area contributed by atoms with E-state index in [4.69, 9.17) is 5.11 Å². The number of fused-ring (bicyclic) bond motifs is 1. The van der Waals surface area contributed by atoms with Crippen LogP contribution in [0.25, 0.3) is 10.2 Å². The number of carbonyl (C=O) groups is 2. The Kier molecular flexibility index (Phi) is 3.54. The summed E-state index contributed by atoms with van der Waals surface area (Å²) in [4.78, 5) is 25.6. The Hall–Kier alpha value is -2.41. The predicted molar refractivity (Wildman–Crippen MR) is 68.2 cm³/mol. The van der Waals surface area contributed by atoms with E-state index in [1.807, 2.05) is 24.3 Å². The lowest BCUT2D eigenvalue weighted by Gasteiger charge is -2.00. The molecule has 0 radical (unpaired) electrons. The average Bonchev–Trinajstić information content (AvgIpc) is 2.76. The minimum absolute atomic E-state index is 0.535. The number of rotatable bonds is 4. The summed E-state index contributed by atoms with van der Waals surface area (Å²) in [5.41, 5.74) is 5.78. The number of aromatic nitrogens is 1. The largest absolute Gasteiger partial charge is 0.478 e. The molecule has 0 aliphatic rings. The Balaban J connectivity index is 1.98. The number of hydrazine groups is 1. The maximum absolute atomic E-state index is 11.2. The molecule has 7 heteroatoms. The third kappa shape index (κ3) is 3.05. The zero-order valence-electron chi connectivity index (χ0n) is 9.08. The number of nitrogens with zero attached hydrogens (tertiary/aromatic N) is 1. The Morgan fingerprint density at radius 3 is 2.78 bits per heavy atom. The van der Waals surface area contributed by atoms with Crippen molar-refractivity contribution in [2.45, 2.75) is 0 Å². The first-order valence-corrected chi connectivity index (χ1v) is 5.79. The fourth-order valence-electron chi connectivity index (χ4n) is 1.23. The molecule has 0 atom stereocenters. The van der Waals surface area contributed by atoms with E-state index in [1.54, 1.807) is 0 Å². The number of amides is 1. The van der Waals surface area contributed by atoms with Gasteiger partial charge in [0.1, 0.15) is 0 Å². The summed E-state index contributed by atoms with van der Waals surface area (Å²) >= 11 is 1.39. The van der Waals surface area contributed by atoms with Gasteiger partial charge in [0.2, 0.25) is 5.13 Å². The topological polar surface area (TPSA) is 91.3 Å². The van der Waals surface area contributed by atoms with Crippen molar-refractivity contribution in [3.8, 4) is 0 Å². The molecule has 0 aliphatic carbocycles. The molecule has 18 heavy (non-hydrogen) atoms. The summed E-state index contributed by atoms with van der Waals surface area (Å²) in [7, 11) is 0. The van der Waals surface area contributed by atoms with Gasteiger partial charge in [-0.15, -0.1) is 0 Å². The Morgan fingerprint density at radius 1 is 1.28 bits per heavy atom. The predicted octanol–water partition coefficient (Wildman–Crippen LogP) is 1.38. The molecule has 92 valence electrons. The van der Waals surface area contributed by atoms with Gasteiger partial charge in [-0.25, -0.2) is 9.78 Å². The first-order chi connectivity index (χ1) is 8.65. The van der Waals surface area contributed by atoms with Crippen molar-refractivity contribution in [2.75, 3.05) is 5.43 Å². The zero-order chi connectivity index (χ0) is 13.0. The summed E-state index contributed by atoms with van der Waals surface area (Å²) in [6.07, 6.45) is 1.68. The van der Waals surface area contributed by atoms with E-state index in [-0.39, 0.29) is 0 Å². The summed E-state index contributed by atoms with van der Waals surface area (Å²) in [5, 5.41) is 8.88. The van der Waals surface area contributed by atoms with Gasteiger partial charge in [0.05, 0.1) is 10.2 Å². The lowest BCUT2D eigenvalue weighted by atomic mass is 10.3. The molecule has 0 fully saturated rings. The van der Waals surface area contributed by atoms with Crippen molar-refractivity contribution in [1.29, 1.82) is 0 Å². The van der Waals surface area contributed by atoms with Gasteiger partial charge in [0.25, 0.3) is 5.91 Å². The van der Waals surface area contributed by atoms with Crippen LogP contribution in [0.5, 0.6) is 0 Å². The minimum atomic E-state index is -1.18. The highest BCUT2D eigenvalue weighted by atomic mass is 32.1. The molecule has 1 heterocycles. The van der Waals surface area contributed by atoms with Crippen molar-refractivity contribution >= 4 is 38.6 Å². The molecule has 1 aromatic carbocycles. The SMILES string of the molecule is O=C(O)/C=C\C(=O)NNc1nc2ccccc2s1. The highest BCUT2D eigenvalue weighted by molar-refractivity contribution is 7.22. The molecule has 0 saturated heterocycles. The molecule has 0 unspecified atom stereocenters. The van der Waals surface area contributed by atoms with Crippen molar-refractivity contribution in [3.63, 3.8) is 0 Å². The Labute approximate surface area is 106 Å². The number of thiazole rings is 1. The molecule has 1 aromatic heterocycles. The van der Waals surface area contributed by atoms with E-state index in [0.29, 0.717) is 5.13 Å². The number of anilines is 1. The van der Waals surface area contributed by atoms with Gasteiger partial charge < -0.3 is 5.11 Å². The molecule has 1 amide bonds. The summed E-state index contributed by atoms with van der Waals surface area (Å²) in [6, 6.07) is 7.56. The Bertz CT molecular complexity index is 588. The fraction of sp³-hybridized carbons (Fsp3) is 0. The number of carboxylic acid groups (broad SMARTS) is 1. The first kappa shape index (κ1) is 12.1. The van der Waals surface area contributed by atoms with Gasteiger partial charge >= 0.3 is 5.97 Å². The first-order valence-electron chi connectivity index (χ1n) is 4.98. The number of hydrogen-bond donors (Lipinski definition) is 3. The van der Waals surface area contributed by atoms with Crippen LogP contribution in [0.1, 0.15) is 0 Å². The highest BCUT2D eigenvalue weighted by Crippen LogP contribution is 2.24. The summed E-state index contributed by atoms with van der Waals surface area (Å²) in [5.74, 6) is -1.73. The smallest absolute Gasteiger partial charge is 0.328 e. The number of carboxylic acids is 1. The minimum Gasteiger partial charge on any atom is -0.478 e. The molecular weight excluding hydrogens is 254 g/mol. The normalized spacial score (nSPS) is 10.7. The van der Waals surface area contributed by atoms with E-state index in [0.717, 1.165) is 22.4 Å². The van der Waals surface area contributed by atoms with E-state index in [1.165, 1.54) is 11.3 Å². The van der Waals surface area contributed by atoms with Crippen LogP contribution in [0, 0.1) is 0 Å². The van der Waals surface area contributed by atoms with Gasteiger partial charge in [-0.1, -0.05) is 23.5 Å². The lowest BCUT2D eigenvalue weighted by Crippen LogP contribution is -2.27. The number of carbonyl (C=O) groups excluding carboxylic acids is 1. The molecule has 0 saturated carbocycles. The second-order valence-electron chi connectivity index (χ2n) is 3.27. The van der Waals surface area contributed by atoms with Gasteiger partial charge in [0.15, 0.2) is 0 Å². The molecule has 6 nitrogen and oxygen atoms in total. The highest BCUT2D eigenvalue weighted by Gasteiger charge is 2.03. The third-order valence-electron chi connectivity index (χ3n) is 1.96. The van der Waals surface area contributed by atoms with Crippen molar-refractivity contribution in [2.24, 2.45) is 0 Å². The van der Waals surface area contributed by atoms with Crippen molar-refractivity contribution in [1.82, 2.24) is 10.4 Å². The van der Waals surface area contributed by atoms with Gasteiger partial charge in [-0.3, -0.25) is 15.6 Å². The van der Waals surface area contributed by atoms with Gasteiger partial charge in [0, 0.05) is 12.2 Å². The quantitative estimate of drug-likeness (QED) is 0.572. The third-order valence-corrected chi connectivity index (χ3v) is 2.92. The number of benzene rings is 1. The monoisotopic (exact) mass is 263 g/mol. The van der Waals surface area contributed by atoms with E-state index in [2.05, 4.69) is 15.8 Å². The van der Waals surface area contributed by atoms with Gasteiger partial charge in [-0.2, -0.15) is 0 Å². The molecule has 0 bridgehead atoms. The number of nitrogens with one attached hydrogen (secondary N) is 2. The maximum atomic E-state index is 11.2. The van der Waals surface area contributed by atoms with Crippen LogP contribution in [0.4, 0.5) is 5.13 Å². The molecule has 3 N–H and O–H groups in total. The van der Waals surface area contributed by atoms with E-state index in [9.17, 15) is 9.59 Å². The maximum Gasteiger partial charge on any atom is 0.328 e. The summed E-state index contributed by atoms with van der Waals surface area (Å²) < 4.78 is 0.996. The van der Waals surface area contributed by atoms with Crippen molar-refractivity contribution in [3.05, 3.63) is 36.4 Å². The zero-order valence-corrected chi connectivity index (χ0v) is 9.90. The second kappa shape index (κ2) is 5.28. The van der Waals surface area contributed by atoms with Gasteiger partial charge in [-0.05, 0) is 12.1 Å². The van der Waals surface area contributed by atoms with Crippen LogP contribution in [0.15, 0.2) is 36.4 Å². The van der Waals surface area contributed by atoms with Crippen LogP contribution >= 0.6 is 11.3 Å². The fourth-order valence-corrected chi connectivity index (χ4v) is 2.05. The number of para-hydroxylation sites is 1. The lowest BCUT2D eigenvalue weighted by molar-refractivity contribution is -0.131. The van der Waals surface area contributed by atoms with Crippen molar-refractivity contribution < 1.29 is 14.7 Å². The van der Waals surface area contributed by atoms with E-state index < -0.39 is 11.9 Å². The number of aliphatic carboxylic acids is 1. The molecule has 2 aromatic rings.